The Morgan fingerprint density at radius 3 is 2.29 bits per heavy atom. The lowest BCUT2D eigenvalue weighted by atomic mass is 10.2. The van der Waals surface area contributed by atoms with Crippen LogP contribution >= 0.6 is 0 Å². The first-order valence-corrected chi connectivity index (χ1v) is 6.72. The summed E-state index contributed by atoms with van der Waals surface area (Å²) in [5.41, 5.74) is 0. The second-order valence-corrected chi connectivity index (χ2v) is 5.66. The molecule has 0 amide bonds. The molecule has 14 heavy (non-hydrogen) atoms. The van der Waals surface area contributed by atoms with Crippen LogP contribution < -0.4 is 0 Å². The minimum absolute atomic E-state index is 0.133. The van der Waals surface area contributed by atoms with Crippen molar-refractivity contribution in [2.75, 3.05) is 11.5 Å². The van der Waals surface area contributed by atoms with E-state index < -0.39 is 15.8 Å². The van der Waals surface area contributed by atoms with Crippen LogP contribution in [-0.2, 0) is 14.6 Å². The molecule has 0 aliphatic carbocycles. The fourth-order valence-corrected chi connectivity index (χ4v) is 2.66. The molecular formula is C9H18O4S. The fraction of sp³-hybridized carbons (Fsp3) is 0.889. The molecule has 0 rings (SSSR count). The first-order chi connectivity index (χ1) is 6.48. The van der Waals surface area contributed by atoms with E-state index in [1.807, 2.05) is 6.92 Å². The van der Waals surface area contributed by atoms with Gasteiger partial charge in [-0.1, -0.05) is 13.3 Å². The molecule has 0 heterocycles. The van der Waals surface area contributed by atoms with Crippen molar-refractivity contribution in [1.29, 1.82) is 0 Å². The van der Waals surface area contributed by atoms with Crippen molar-refractivity contribution in [3.05, 3.63) is 0 Å². The van der Waals surface area contributed by atoms with E-state index in [1.54, 1.807) is 0 Å². The van der Waals surface area contributed by atoms with E-state index in [1.165, 1.54) is 0 Å². The minimum atomic E-state index is -2.88. The van der Waals surface area contributed by atoms with Crippen LogP contribution in [0.4, 0.5) is 0 Å². The molecule has 0 atom stereocenters. The van der Waals surface area contributed by atoms with E-state index in [0.29, 0.717) is 25.7 Å². The van der Waals surface area contributed by atoms with Crippen LogP contribution in [0.1, 0.15) is 39.0 Å². The highest BCUT2D eigenvalue weighted by molar-refractivity contribution is 7.91. The molecule has 0 saturated heterocycles. The Kier molecular flexibility index (Phi) is 6.53. The normalized spacial score (nSPS) is 11.5. The summed E-state index contributed by atoms with van der Waals surface area (Å²) >= 11 is 0. The standard InChI is InChI=1S/C9H18O4S/c1-2-7-14(12,13)8-5-3-4-6-9(10)11/h2-8H2,1H3,(H,10,11). The van der Waals surface area contributed by atoms with E-state index in [2.05, 4.69) is 0 Å². The molecule has 0 aliphatic rings. The lowest BCUT2D eigenvalue weighted by Crippen LogP contribution is -2.10. The first kappa shape index (κ1) is 13.4. The number of unbranched alkanes of at least 4 members (excludes halogenated alkanes) is 2. The van der Waals surface area contributed by atoms with Crippen molar-refractivity contribution in [2.24, 2.45) is 0 Å². The number of hydrogen-bond acceptors (Lipinski definition) is 3. The highest BCUT2D eigenvalue weighted by atomic mass is 32.2. The summed E-state index contributed by atoms with van der Waals surface area (Å²) in [5.74, 6) is -0.381. The summed E-state index contributed by atoms with van der Waals surface area (Å²) in [4.78, 5) is 10.1. The number of hydrogen-bond donors (Lipinski definition) is 1. The molecule has 1 N–H and O–H groups in total. The molecular weight excluding hydrogens is 204 g/mol. The van der Waals surface area contributed by atoms with Gasteiger partial charge in [0.15, 0.2) is 0 Å². The molecule has 0 aromatic heterocycles. The zero-order valence-corrected chi connectivity index (χ0v) is 9.35. The Morgan fingerprint density at radius 1 is 1.14 bits per heavy atom. The van der Waals surface area contributed by atoms with E-state index >= 15 is 0 Å². The summed E-state index contributed by atoms with van der Waals surface area (Å²) in [5, 5.41) is 8.34. The molecule has 0 aromatic rings. The monoisotopic (exact) mass is 222 g/mol. The summed E-state index contributed by atoms with van der Waals surface area (Å²) in [6, 6.07) is 0. The number of carboxylic acid groups (broad SMARTS) is 1. The maximum Gasteiger partial charge on any atom is 0.303 e. The zero-order chi connectivity index (χ0) is 11.0. The number of carbonyl (C=O) groups is 1. The fourth-order valence-electron chi connectivity index (χ4n) is 1.19. The van der Waals surface area contributed by atoms with E-state index in [9.17, 15) is 13.2 Å². The average molecular weight is 222 g/mol. The summed E-state index contributed by atoms with van der Waals surface area (Å²) in [6.45, 7) is 1.84. The largest absolute Gasteiger partial charge is 0.481 e. The van der Waals surface area contributed by atoms with Gasteiger partial charge in [-0.05, 0) is 19.3 Å². The topological polar surface area (TPSA) is 71.4 Å². The number of carboxylic acids is 1. The van der Waals surface area contributed by atoms with Gasteiger partial charge in [0, 0.05) is 12.2 Å². The lowest BCUT2D eigenvalue weighted by Gasteiger charge is -2.01. The van der Waals surface area contributed by atoms with E-state index in [0.717, 1.165) is 0 Å². The van der Waals surface area contributed by atoms with Crippen LogP contribution in [0.3, 0.4) is 0 Å². The minimum Gasteiger partial charge on any atom is -0.481 e. The maximum absolute atomic E-state index is 11.2. The third kappa shape index (κ3) is 8.04. The molecule has 0 spiro atoms. The molecule has 0 unspecified atom stereocenters. The molecule has 0 aliphatic heterocycles. The second kappa shape index (κ2) is 6.81. The van der Waals surface area contributed by atoms with Crippen molar-refractivity contribution in [1.82, 2.24) is 0 Å². The molecule has 4 nitrogen and oxygen atoms in total. The third-order valence-corrected chi connectivity index (χ3v) is 3.80. The molecule has 0 fully saturated rings. The van der Waals surface area contributed by atoms with Crippen molar-refractivity contribution in [2.45, 2.75) is 39.0 Å². The van der Waals surface area contributed by atoms with Gasteiger partial charge in [-0.2, -0.15) is 0 Å². The second-order valence-electron chi connectivity index (χ2n) is 3.36. The van der Waals surface area contributed by atoms with Gasteiger partial charge in [0.05, 0.1) is 5.75 Å². The Bertz CT molecular complexity index is 256. The van der Waals surface area contributed by atoms with Gasteiger partial charge in [0.1, 0.15) is 9.84 Å². The number of rotatable bonds is 8. The molecule has 0 saturated carbocycles. The van der Waals surface area contributed by atoms with E-state index in [-0.39, 0.29) is 17.9 Å². The van der Waals surface area contributed by atoms with Crippen molar-refractivity contribution < 1.29 is 18.3 Å². The average Bonchev–Trinajstić information content (AvgIpc) is 2.02. The molecule has 84 valence electrons. The Labute approximate surface area is 85.2 Å². The molecule has 5 heteroatoms. The molecule has 0 radical (unpaired) electrons. The highest BCUT2D eigenvalue weighted by Crippen LogP contribution is 2.04. The van der Waals surface area contributed by atoms with Crippen LogP contribution in [0.2, 0.25) is 0 Å². The Morgan fingerprint density at radius 2 is 1.79 bits per heavy atom. The number of sulfone groups is 1. The summed E-state index contributed by atoms with van der Waals surface area (Å²) in [7, 11) is -2.88. The SMILES string of the molecule is CCCS(=O)(=O)CCCCCC(=O)O. The van der Waals surface area contributed by atoms with Gasteiger partial charge in [0.25, 0.3) is 0 Å². The predicted octanol–water partition coefficient (Wildman–Crippen LogP) is 1.46. The molecule has 0 bridgehead atoms. The zero-order valence-electron chi connectivity index (χ0n) is 8.53. The van der Waals surface area contributed by atoms with Crippen LogP contribution in [0.15, 0.2) is 0 Å². The van der Waals surface area contributed by atoms with Crippen LogP contribution in [0, 0.1) is 0 Å². The highest BCUT2D eigenvalue weighted by Gasteiger charge is 2.08. The smallest absolute Gasteiger partial charge is 0.303 e. The van der Waals surface area contributed by atoms with E-state index in [4.69, 9.17) is 5.11 Å². The Hall–Kier alpha value is -0.580. The first-order valence-electron chi connectivity index (χ1n) is 4.90. The van der Waals surface area contributed by atoms with Crippen molar-refractivity contribution in [3.8, 4) is 0 Å². The molecule has 0 aromatic carbocycles. The van der Waals surface area contributed by atoms with Gasteiger partial charge in [-0.25, -0.2) is 8.42 Å². The maximum atomic E-state index is 11.2. The van der Waals surface area contributed by atoms with Gasteiger partial charge < -0.3 is 5.11 Å². The van der Waals surface area contributed by atoms with Crippen LogP contribution in [0.5, 0.6) is 0 Å². The van der Waals surface area contributed by atoms with Gasteiger partial charge in [-0.3, -0.25) is 4.79 Å². The van der Waals surface area contributed by atoms with Gasteiger partial charge >= 0.3 is 5.97 Å². The lowest BCUT2D eigenvalue weighted by molar-refractivity contribution is -0.137. The predicted molar refractivity (Wildman–Crippen MR) is 55.0 cm³/mol. The van der Waals surface area contributed by atoms with Crippen LogP contribution in [0.25, 0.3) is 0 Å². The quantitative estimate of drug-likeness (QED) is 0.631. The van der Waals surface area contributed by atoms with Gasteiger partial charge in [-0.15, -0.1) is 0 Å². The van der Waals surface area contributed by atoms with Crippen molar-refractivity contribution >= 4 is 15.8 Å². The summed E-state index contributed by atoms with van der Waals surface area (Å²) in [6.07, 6.45) is 2.60. The van der Waals surface area contributed by atoms with Crippen LogP contribution in [-0.4, -0.2) is 31.0 Å². The summed E-state index contributed by atoms with van der Waals surface area (Å²) < 4.78 is 22.4. The Balaban J connectivity index is 3.49. The third-order valence-electron chi connectivity index (χ3n) is 1.86. The van der Waals surface area contributed by atoms with Gasteiger partial charge in [0.2, 0.25) is 0 Å². The van der Waals surface area contributed by atoms with Crippen molar-refractivity contribution in [3.63, 3.8) is 0 Å². The number of aliphatic carboxylic acids is 1.